The van der Waals surface area contributed by atoms with Crippen LogP contribution in [0.25, 0.3) is 0 Å². The first-order chi connectivity index (χ1) is 6.27. The molecule has 2 nitrogen and oxygen atoms in total. The summed E-state index contributed by atoms with van der Waals surface area (Å²) in [6.45, 7) is 6.22. The van der Waals surface area contributed by atoms with Crippen LogP contribution in [0.1, 0.15) is 39.5 Å². The summed E-state index contributed by atoms with van der Waals surface area (Å²) in [7, 11) is 0. The SMILES string of the molecule is CCN(C=C1CCCCC1=O)CC. The smallest absolute Gasteiger partial charge is 0.160 e. The number of carbonyl (C=O) groups excluding carboxylic acids is 1. The molecule has 0 unspecified atom stereocenters. The molecule has 74 valence electrons. The molecule has 0 atom stereocenters. The molecule has 0 aromatic heterocycles. The third-order valence-corrected chi connectivity index (χ3v) is 2.61. The second-order valence-corrected chi connectivity index (χ2v) is 3.51. The van der Waals surface area contributed by atoms with E-state index in [4.69, 9.17) is 0 Å². The van der Waals surface area contributed by atoms with Crippen molar-refractivity contribution in [2.24, 2.45) is 0 Å². The van der Waals surface area contributed by atoms with Gasteiger partial charge in [0.25, 0.3) is 0 Å². The lowest BCUT2D eigenvalue weighted by molar-refractivity contribution is -0.116. The fourth-order valence-electron chi connectivity index (χ4n) is 1.66. The molecule has 0 N–H and O–H groups in total. The highest BCUT2D eigenvalue weighted by Gasteiger charge is 2.15. The number of hydrogen-bond donors (Lipinski definition) is 0. The van der Waals surface area contributed by atoms with Crippen molar-refractivity contribution in [2.45, 2.75) is 39.5 Å². The summed E-state index contributed by atoms with van der Waals surface area (Å²) in [5, 5.41) is 0. The zero-order valence-corrected chi connectivity index (χ0v) is 8.68. The van der Waals surface area contributed by atoms with Gasteiger partial charge < -0.3 is 4.90 Å². The highest BCUT2D eigenvalue weighted by atomic mass is 16.1. The number of Topliss-reactive ketones (excluding diaryl/α,β-unsaturated/α-hetero) is 1. The van der Waals surface area contributed by atoms with Gasteiger partial charge in [0, 0.05) is 31.3 Å². The van der Waals surface area contributed by atoms with Crippen LogP contribution in [0.5, 0.6) is 0 Å². The first-order valence-corrected chi connectivity index (χ1v) is 5.25. The van der Waals surface area contributed by atoms with E-state index in [0.717, 1.165) is 37.9 Å². The van der Waals surface area contributed by atoms with E-state index in [1.54, 1.807) is 0 Å². The molecular weight excluding hydrogens is 162 g/mol. The van der Waals surface area contributed by atoms with E-state index < -0.39 is 0 Å². The minimum Gasteiger partial charge on any atom is -0.378 e. The molecule has 0 spiro atoms. The molecule has 0 aromatic rings. The zero-order valence-electron chi connectivity index (χ0n) is 8.68. The molecule has 1 aliphatic carbocycles. The van der Waals surface area contributed by atoms with Crippen LogP contribution in [0.2, 0.25) is 0 Å². The number of nitrogens with zero attached hydrogens (tertiary/aromatic N) is 1. The van der Waals surface area contributed by atoms with Crippen LogP contribution < -0.4 is 0 Å². The van der Waals surface area contributed by atoms with Crippen molar-refractivity contribution in [1.82, 2.24) is 4.90 Å². The van der Waals surface area contributed by atoms with Crippen LogP contribution in [0.3, 0.4) is 0 Å². The van der Waals surface area contributed by atoms with Crippen molar-refractivity contribution >= 4 is 5.78 Å². The van der Waals surface area contributed by atoms with Crippen molar-refractivity contribution in [3.63, 3.8) is 0 Å². The Morgan fingerprint density at radius 2 is 1.85 bits per heavy atom. The van der Waals surface area contributed by atoms with Gasteiger partial charge in [-0.1, -0.05) is 0 Å². The number of allylic oxidation sites excluding steroid dienone is 1. The van der Waals surface area contributed by atoms with Crippen LogP contribution >= 0.6 is 0 Å². The van der Waals surface area contributed by atoms with E-state index in [2.05, 4.69) is 24.9 Å². The number of rotatable bonds is 3. The molecule has 0 aliphatic heterocycles. The summed E-state index contributed by atoms with van der Waals surface area (Å²) in [4.78, 5) is 13.7. The molecule has 0 heterocycles. The van der Waals surface area contributed by atoms with Crippen molar-refractivity contribution in [3.05, 3.63) is 11.8 Å². The first-order valence-electron chi connectivity index (χ1n) is 5.25. The molecule has 1 fully saturated rings. The monoisotopic (exact) mass is 181 g/mol. The maximum Gasteiger partial charge on any atom is 0.160 e. The maximum absolute atomic E-state index is 11.5. The Balaban J connectivity index is 2.61. The van der Waals surface area contributed by atoms with Crippen molar-refractivity contribution in [1.29, 1.82) is 0 Å². The summed E-state index contributed by atoms with van der Waals surface area (Å²) in [6, 6.07) is 0. The number of hydrogen-bond acceptors (Lipinski definition) is 2. The topological polar surface area (TPSA) is 20.3 Å². The van der Waals surface area contributed by atoms with Gasteiger partial charge in [-0.05, 0) is 33.1 Å². The van der Waals surface area contributed by atoms with Gasteiger partial charge in [0.1, 0.15) is 0 Å². The summed E-state index contributed by atoms with van der Waals surface area (Å²) >= 11 is 0. The number of ketones is 1. The summed E-state index contributed by atoms with van der Waals surface area (Å²) in [5.74, 6) is 0.359. The van der Waals surface area contributed by atoms with E-state index >= 15 is 0 Å². The second-order valence-electron chi connectivity index (χ2n) is 3.51. The normalized spacial score (nSPS) is 20.8. The molecule has 0 amide bonds. The lowest BCUT2D eigenvalue weighted by atomic mass is 9.94. The summed E-state index contributed by atoms with van der Waals surface area (Å²) < 4.78 is 0. The van der Waals surface area contributed by atoms with Crippen LogP contribution in [-0.2, 0) is 4.79 Å². The maximum atomic E-state index is 11.5. The third kappa shape index (κ3) is 2.87. The third-order valence-electron chi connectivity index (χ3n) is 2.61. The van der Waals surface area contributed by atoms with Crippen LogP contribution in [0.4, 0.5) is 0 Å². The van der Waals surface area contributed by atoms with Crippen LogP contribution in [0, 0.1) is 0 Å². The molecule has 1 aliphatic rings. The van der Waals surface area contributed by atoms with Crippen molar-refractivity contribution in [3.8, 4) is 0 Å². The molecule has 0 saturated heterocycles. The van der Waals surface area contributed by atoms with Crippen LogP contribution in [-0.4, -0.2) is 23.8 Å². The Labute approximate surface area is 80.6 Å². The average Bonchev–Trinajstić information content (AvgIpc) is 2.17. The predicted molar refractivity (Wildman–Crippen MR) is 54.5 cm³/mol. The van der Waals surface area contributed by atoms with Gasteiger partial charge in [-0.3, -0.25) is 4.79 Å². The minimum atomic E-state index is 0.359. The highest BCUT2D eigenvalue weighted by Crippen LogP contribution is 2.19. The zero-order chi connectivity index (χ0) is 9.68. The molecular formula is C11H19NO. The van der Waals surface area contributed by atoms with E-state index in [0.29, 0.717) is 5.78 Å². The quantitative estimate of drug-likeness (QED) is 0.623. The Morgan fingerprint density at radius 3 is 2.38 bits per heavy atom. The molecule has 1 rings (SSSR count). The highest BCUT2D eigenvalue weighted by molar-refractivity contribution is 5.95. The van der Waals surface area contributed by atoms with Gasteiger partial charge in [-0.2, -0.15) is 0 Å². The molecule has 2 heteroatoms. The van der Waals surface area contributed by atoms with Gasteiger partial charge >= 0.3 is 0 Å². The predicted octanol–water partition coefficient (Wildman–Crippen LogP) is 2.36. The summed E-state index contributed by atoms with van der Waals surface area (Å²) in [5.41, 5.74) is 1.04. The lowest BCUT2D eigenvalue weighted by Crippen LogP contribution is -2.19. The second kappa shape index (κ2) is 5.05. The molecule has 1 saturated carbocycles. The van der Waals surface area contributed by atoms with Crippen molar-refractivity contribution in [2.75, 3.05) is 13.1 Å². The molecule has 0 bridgehead atoms. The Hall–Kier alpha value is -0.790. The standard InChI is InChI=1S/C11H19NO/c1-3-12(4-2)9-10-7-5-6-8-11(10)13/h9H,3-8H2,1-2H3. The first kappa shape index (κ1) is 10.3. The lowest BCUT2D eigenvalue weighted by Gasteiger charge is -2.19. The Kier molecular flexibility index (Phi) is 4.00. The largest absolute Gasteiger partial charge is 0.378 e. The van der Waals surface area contributed by atoms with Crippen molar-refractivity contribution < 1.29 is 4.79 Å². The minimum absolute atomic E-state index is 0.359. The summed E-state index contributed by atoms with van der Waals surface area (Å²) in [6.07, 6.45) is 6.05. The fourth-order valence-corrected chi connectivity index (χ4v) is 1.66. The van der Waals surface area contributed by atoms with Gasteiger partial charge in [0.15, 0.2) is 5.78 Å². The average molecular weight is 181 g/mol. The molecule has 13 heavy (non-hydrogen) atoms. The number of carbonyl (C=O) groups is 1. The van der Waals surface area contributed by atoms with E-state index in [1.165, 1.54) is 6.42 Å². The fraction of sp³-hybridized carbons (Fsp3) is 0.727. The Bertz CT molecular complexity index is 204. The van der Waals surface area contributed by atoms with E-state index in [-0.39, 0.29) is 0 Å². The van der Waals surface area contributed by atoms with Crippen LogP contribution in [0.15, 0.2) is 11.8 Å². The van der Waals surface area contributed by atoms with Gasteiger partial charge in [-0.15, -0.1) is 0 Å². The molecule has 0 aromatic carbocycles. The Morgan fingerprint density at radius 1 is 1.23 bits per heavy atom. The van der Waals surface area contributed by atoms with Gasteiger partial charge in [0.05, 0.1) is 0 Å². The van der Waals surface area contributed by atoms with E-state index in [1.807, 2.05) is 0 Å². The van der Waals surface area contributed by atoms with Gasteiger partial charge in [-0.25, -0.2) is 0 Å². The molecule has 0 radical (unpaired) electrons. The van der Waals surface area contributed by atoms with E-state index in [9.17, 15) is 4.79 Å². The van der Waals surface area contributed by atoms with Gasteiger partial charge in [0.2, 0.25) is 0 Å².